The number of ether oxygens (including phenoxy) is 1. The molecule has 4 atom stereocenters. The van der Waals surface area contributed by atoms with Gasteiger partial charge in [-0.2, -0.15) is 15.1 Å². The molecule has 0 radical (unpaired) electrons. The third kappa shape index (κ3) is 3.59. The van der Waals surface area contributed by atoms with Crippen LogP contribution in [0.25, 0.3) is 17.1 Å². The van der Waals surface area contributed by atoms with Crippen molar-refractivity contribution in [3.05, 3.63) is 24.3 Å². The fourth-order valence-electron chi connectivity index (χ4n) is 3.39. The predicted octanol–water partition coefficient (Wildman–Crippen LogP) is -1.99. The summed E-state index contributed by atoms with van der Waals surface area (Å²) < 4.78 is 8.42. The number of aromatic nitrogens is 6. The Balaban J connectivity index is 1.65. The summed E-state index contributed by atoms with van der Waals surface area (Å²) in [4.78, 5) is 23.7. The van der Waals surface area contributed by atoms with Crippen LogP contribution in [-0.2, 0) is 16.0 Å². The van der Waals surface area contributed by atoms with Gasteiger partial charge in [-0.1, -0.05) is 0 Å². The summed E-state index contributed by atoms with van der Waals surface area (Å²) in [6.07, 6.45) is 1.72. The van der Waals surface area contributed by atoms with Crippen LogP contribution in [0.4, 0.5) is 5.82 Å². The van der Waals surface area contributed by atoms with Crippen molar-refractivity contribution >= 4 is 22.9 Å². The lowest BCUT2D eigenvalue weighted by molar-refractivity contribution is -0.118. The van der Waals surface area contributed by atoms with E-state index in [1.165, 1.54) is 15.6 Å². The minimum absolute atomic E-state index is 0.103. The Hall–Kier alpha value is -3.13. The molecule has 3 aromatic heterocycles. The molecule has 1 saturated heterocycles. The van der Waals surface area contributed by atoms with Crippen LogP contribution in [0.3, 0.4) is 0 Å². The lowest BCUT2D eigenvalue weighted by Gasteiger charge is -2.16. The largest absolute Gasteiger partial charge is 0.394 e. The van der Waals surface area contributed by atoms with Gasteiger partial charge in [0.15, 0.2) is 17.7 Å². The van der Waals surface area contributed by atoms with Crippen molar-refractivity contribution in [2.75, 3.05) is 12.3 Å². The van der Waals surface area contributed by atoms with Gasteiger partial charge in [-0.3, -0.25) is 9.36 Å². The van der Waals surface area contributed by atoms with Gasteiger partial charge in [0.25, 0.3) is 5.95 Å². The molecular formula is C17H22N8O5. The van der Waals surface area contributed by atoms with Gasteiger partial charge in [-0.25, -0.2) is 9.67 Å². The van der Waals surface area contributed by atoms with Gasteiger partial charge in [0, 0.05) is 12.6 Å². The summed E-state index contributed by atoms with van der Waals surface area (Å²) >= 11 is 0. The zero-order chi connectivity index (χ0) is 21.4. The maximum atomic E-state index is 10.9. The molecule has 4 rings (SSSR count). The van der Waals surface area contributed by atoms with E-state index in [1.807, 2.05) is 0 Å². The average Bonchev–Trinajstić information content (AvgIpc) is 3.41. The van der Waals surface area contributed by atoms with Crippen LogP contribution in [0.5, 0.6) is 0 Å². The summed E-state index contributed by atoms with van der Waals surface area (Å²) in [7, 11) is 0. The van der Waals surface area contributed by atoms with E-state index in [4.69, 9.17) is 16.2 Å². The van der Waals surface area contributed by atoms with Crippen molar-refractivity contribution < 1.29 is 24.9 Å². The quantitative estimate of drug-likeness (QED) is 0.286. The number of aliphatic hydroxyl groups is 3. The topological polar surface area (TPSA) is 200 Å². The molecule has 1 fully saturated rings. The smallest absolute Gasteiger partial charge is 0.254 e. The van der Waals surface area contributed by atoms with Crippen molar-refractivity contribution in [1.82, 2.24) is 29.3 Å². The van der Waals surface area contributed by atoms with Crippen molar-refractivity contribution in [3.63, 3.8) is 0 Å². The molecule has 1 aliphatic heterocycles. The number of imidazole rings is 1. The molecule has 0 bridgehead atoms. The van der Waals surface area contributed by atoms with Gasteiger partial charge in [-0.05, 0) is 18.4 Å². The van der Waals surface area contributed by atoms with Crippen molar-refractivity contribution in [2.24, 2.45) is 5.73 Å². The first-order valence-corrected chi connectivity index (χ1v) is 9.33. The number of aliphatic hydroxyl groups excluding tert-OH is 3. The molecule has 0 spiro atoms. The fraction of sp³-hybridized carbons (Fsp3) is 0.471. The zero-order valence-electron chi connectivity index (χ0n) is 15.9. The first kappa shape index (κ1) is 20.2. The summed E-state index contributed by atoms with van der Waals surface area (Å²) in [5.41, 5.74) is 12.6. The van der Waals surface area contributed by atoms with E-state index < -0.39 is 31.1 Å². The second-order valence-electron chi connectivity index (χ2n) is 7.07. The number of nitrogens with zero attached hydrogens (tertiary/aromatic N) is 6. The number of carbonyl (C=O) groups is 1. The number of anilines is 1. The summed E-state index contributed by atoms with van der Waals surface area (Å²) in [5.74, 6) is -0.0806. The molecule has 1 amide bonds. The Morgan fingerprint density at radius 1 is 1.27 bits per heavy atom. The van der Waals surface area contributed by atoms with Gasteiger partial charge in [0.05, 0.1) is 19.1 Å². The Kier molecular flexibility index (Phi) is 5.34. The van der Waals surface area contributed by atoms with E-state index in [0.29, 0.717) is 18.4 Å². The Morgan fingerprint density at radius 3 is 2.77 bits per heavy atom. The van der Waals surface area contributed by atoms with Gasteiger partial charge < -0.3 is 31.5 Å². The second kappa shape index (κ2) is 7.95. The minimum Gasteiger partial charge on any atom is -0.394 e. The van der Waals surface area contributed by atoms with Crippen LogP contribution in [0.15, 0.2) is 18.7 Å². The molecule has 0 aromatic carbocycles. The van der Waals surface area contributed by atoms with Crippen LogP contribution in [0, 0.1) is 0 Å². The van der Waals surface area contributed by atoms with E-state index in [-0.39, 0.29) is 29.7 Å². The number of hydrogen-bond donors (Lipinski definition) is 5. The van der Waals surface area contributed by atoms with Gasteiger partial charge >= 0.3 is 0 Å². The van der Waals surface area contributed by atoms with E-state index in [0.717, 1.165) is 5.56 Å². The number of hydrogen-bond acceptors (Lipinski definition) is 10. The number of carbonyl (C=O) groups excluding carboxylic acids is 1. The fourth-order valence-corrected chi connectivity index (χ4v) is 3.39. The normalized spacial score (nSPS) is 24.0. The Bertz CT molecular complexity index is 1070. The molecule has 160 valence electrons. The van der Waals surface area contributed by atoms with E-state index in [9.17, 15) is 20.1 Å². The van der Waals surface area contributed by atoms with Gasteiger partial charge in [0.1, 0.15) is 23.8 Å². The minimum atomic E-state index is -1.29. The molecule has 4 heterocycles. The molecular weight excluding hydrogens is 396 g/mol. The number of nitrogen functional groups attached to an aromatic ring is 1. The Morgan fingerprint density at radius 2 is 2.07 bits per heavy atom. The van der Waals surface area contributed by atoms with E-state index >= 15 is 0 Å². The molecule has 7 N–H and O–H groups in total. The number of nitrogens with two attached hydrogens (primary N) is 2. The molecule has 13 heteroatoms. The molecule has 1 aliphatic rings. The SMILES string of the molecule is NC(=O)CCCc1cnn(-c2nc(N)c3ncn([C@@H]4O[C@H](CO)[C@@H](O)[C@@H]4O)c3n2)c1. The van der Waals surface area contributed by atoms with Crippen LogP contribution in [0.2, 0.25) is 0 Å². The summed E-state index contributed by atoms with van der Waals surface area (Å²) in [6, 6.07) is 0. The van der Waals surface area contributed by atoms with Crippen molar-refractivity contribution in [2.45, 2.75) is 43.8 Å². The molecule has 13 nitrogen and oxygen atoms in total. The highest BCUT2D eigenvalue weighted by Gasteiger charge is 2.44. The highest BCUT2D eigenvalue weighted by Crippen LogP contribution is 2.32. The highest BCUT2D eigenvalue weighted by molar-refractivity contribution is 5.82. The van der Waals surface area contributed by atoms with Crippen LogP contribution < -0.4 is 11.5 Å². The zero-order valence-corrected chi connectivity index (χ0v) is 15.9. The first-order valence-electron chi connectivity index (χ1n) is 9.33. The maximum absolute atomic E-state index is 10.9. The lowest BCUT2D eigenvalue weighted by Crippen LogP contribution is -2.33. The van der Waals surface area contributed by atoms with Gasteiger partial charge in [0.2, 0.25) is 5.91 Å². The summed E-state index contributed by atoms with van der Waals surface area (Å²) in [5, 5.41) is 33.9. The molecule has 0 saturated carbocycles. The van der Waals surface area contributed by atoms with Crippen LogP contribution in [0.1, 0.15) is 24.6 Å². The molecule has 30 heavy (non-hydrogen) atoms. The average molecular weight is 418 g/mol. The third-order valence-electron chi connectivity index (χ3n) is 4.96. The third-order valence-corrected chi connectivity index (χ3v) is 4.96. The van der Waals surface area contributed by atoms with Crippen molar-refractivity contribution in [3.8, 4) is 5.95 Å². The number of aryl methyl sites for hydroxylation is 1. The summed E-state index contributed by atoms with van der Waals surface area (Å²) in [6.45, 7) is -0.449. The van der Waals surface area contributed by atoms with E-state index in [2.05, 4.69) is 20.1 Å². The predicted molar refractivity (Wildman–Crippen MR) is 102 cm³/mol. The lowest BCUT2D eigenvalue weighted by atomic mass is 10.1. The number of primary amides is 1. The number of rotatable bonds is 7. The molecule has 0 unspecified atom stereocenters. The van der Waals surface area contributed by atoms with Crippen LogP contribution in [-0.4, -0.2) is 75.4 Å². The van der Waals surface area contributed by atoms with Gasteiger partial charge in [-0.15, -0.1) is 0 Å². The van der Waals surface area contributed by atoms with Crippen molar-refractivity contribution in [1.29, 1.82) is 0 Å². The first-order chi connectivity index (χ1) is 14.4. The maximum Gasteiger partial charge on any atom is 0.254 e. The Labute approximate surface area is 169 Å². The van der Waals surface area contributed by atoms with Crippen LogP contribution >= 0.6 is 0 Å². The second-order valence-corrected chi connectivity index (χ2v) is 7.07. The number of fused-ring (bicyclic) bond motifs is 1. The highest BCUT2D eigenvalue weighted by atomic mass is 16.6. The molecule has 0 aliphatic carbocycles. The van der Waals surface area contributed by atoms with E-state index in [1.54, 1.807) is 12.4 Å². The standard InChI is InChI=1S/C17H22N8O5/c18-10(27)3-1-2-8-4-21-25(5-8)17-22-14(19)11-15(23-17)24(7-20-11)16-13(29)12(28)9(6-26)30-16/h4-5,7,9,12-13,16,26,28-29H,1-3,6H2,(H2,18,27)(H2,19,22,23)/t9-,12-,13+,16-/m1/s1. The monoisotopic (exact) mass is 418 g/mol. The number of amides is 1. The molecule has 3 aromatic rings.